The van der Waals surface area contributed by atoms with Crippen molar-refractivity contribution in [3.05, 3.63) is 80.8 Å². The van der Waals surface area contributed by atoms with Crippen molar-refractivity contribution in [3.8, 4) is 0 Å². The Morgan fingerprint density at radius 3 is 2.19 bits per heavy atom. The van der Waals surface area contributed by atoms with Crippen molar-refractivity contribution in [3.63, 3.8) is 0 Å². The van der Waals surface area contributed by atoms with Crippen molar-refractivity contribution in [2.45, 2.75) is 59.2 Å². The van der Waals surface area contributed by atoms with Crippen molar-refractivity contribution >= 4 is 16.7 Å². The molecular formula is C26H31NO4. The van der Waals surface area contributed by atoms with Crippen LogP contribution in [-0.2, 0) is 16.6 Å². The quantitative estimate of drug-likeness (QED) is 0.611. The molecule has 0 aliphatic heterocycles. The minimum absolute atomic E-state index is 0.142. The summed E-state index contributed by atoms with van der Waals surface area (Å²) in [6.07, 6.45) is -1.27. The van der Waals surface area contributed by atoms with E-state index in [1.165, 1.54) is 15.7 Å². The molecule has 31 heavy (non-hydrogen) atoms. The number of aliphatic carboxylic acids is 1. The first-order chi connectivity index (χ1) is 14.4. The third kappa shape index (κ3) is 4.42. The lowest BCUT2D eigenvalue weighted by molar-refractivity contribution is -0.161. The van der Waals surface area contributed by atoms with Gasteiger partial charge in [-0.3, -0.25) is 4.79 Å². The van der Waals surface area contributed by atoms with Crippen LogP contribution in [0.1, 0.15) is 67.7 Å². The van der Waals surface area contributed by atoms with Crippen LogP contribution in [0.4, 0.5) is 0 Å². The molecule has 2 unspecified atom stereocenters. The number of pyridine rings is 1. The third-order valence-electron chi connectivity index (χ3n) is 5.80. The number of fused-ring (bicyclic) bond motifs is 1. The molecule has 0 saturated heterocycles. The fraction of sp³-hybridized carbons (Fsp3) is 0.385. The summed E-state index contributed by atoms with van der Waals surface area (Å²) in [5, 5.41) is 11.4. The predicted molar refractivity (Wildman–Crippen MR) is 124 cm³/mol. The fourth-order valence-corrected chi connectivity index (χ4v) is 4.06. The highest BCUT2D eigenvalue weighted by molar-refractivity contribution is 5.88. The van der Waals surface area contributed by atoms with Gasteiger partial charge in [0, 0.05) is 18.4 Å². The van der Waals surface area contributed by atoms with Gasteiger partial charge in [-0.1, -0.05) is 43.3 Å². The van der Waals surface area contributed by atoms with Crippen LogP contribution in [0.15, 0.2) is 47.3 Å². The molecule has 0 fully saturated rings. The second-order valence-corrected chi connectivity index (χ2v) is 9.22. The van der Waals surface area contributed by atoms with Gasteiger partial charge in [-0.25, -0.2) is 4.79 Å². The highest BCUT2D eigenvalue weighted by Gasteiger charge is 2.34. The van der Waals surface area contributed by atoms with Gasteiger partial charge in [0.05, 0.1) is 11.3 Å². The van der Waals surface area contributed by atoms with Crippen LogP contribution < -0.4 is 5.56 Å². The van der Waals surface area contributed by atoms with Gasteiger partial charge in [0.1, 0.15) is 0 Å². The van der Waals surface area contributed by atoms with Crippen LogP contribution >= 0.6 is 0 Å². The first kappa shape index (κ1) is 22.8. The Balaban J connectivity index is 2.40. The van der Waals surface area contributed by atoms with E-state index in [-0.39, 0.29) is 11.5 Å². The SMILES string of the molecule is Cc1ccc(C(C)c2c(C(OC(C)(C)C)C(=O)O)n(C)c(=O)c3ccccc23)cc1C. The Bertz CT molecular complexity index is 1200. The predicted octanol–water partition coefficient (Wildman–Crippen LogP) is 5.25. The van der Waals surface area contributed by atoms with Gasteiger partial charge >= 0.3 is 5.97 Å². The van der Waals surface area contributed by atoms with Crippen LogP contribution in [0, 0.1) is 13.8 Å². The van der Waals surface area contributed by atoms with Crippen molar-refractivity contribution < 1.29 is 14.6 Å². The zero-order chi connectivity index (χ0) is 23.1. The van der Waals surface area contributed by atoms with Crippen molar-refractivity contribution in [2.75, 3.05) is 0 Å². The number of hydrogen-bond acceptors (Lipinski definition) is 3. The van der Waals surface area contributed by atoms with E-state index in [2.05, 4.69) is 39.0 Å². The zero-order valence-corrected chi connectivity index (χ0v) is 19.3. The number of aryl methyl sites for hydroxylation is 2. The summed E-state index contributed by atoms with van der Waals surface area (Å²) in [6, 6.07) is 13.7. The molecular weight excluding hydrogens is 390 g/mol. The van der Waals surface area contributed by atoms with E-state index in [1.54, 1.807) is 13.1 Å². The lowest BCUT2D eigenvalue weighted by Gasteiger charge is -2.30. The van der Waals surface area contributed by atoms with Gasteiger partial charge in [0.2, 0.25) is 0 Å². The zero-order valence-electron chi connectivity index (χ0n) is 19.3. The van der Waals surface area contributed by atoms with Crippen LogP contribution in [0.2, 0.25) is 0 Å². The van der Waals surface area contributed by atoms with E-state index in [0.29, 0.717) is 11.1 Å². The fourth-order valence-electron chi connectivity index (χ4n) is 4.06. The summed E-state index contributed by atoms with van der Waals surface area (Å²) >= 11 is 0. The molecule has 1 N–H and O–H groups in total. The van der Waals surface area contributed by atoms with Gasteiger partial charge in [-0.05, 0) is 68.3 Å². The number of aromatic nitrogens is 1. The molecule has 0 aliphatic carbocycles. The van der Waals surface area contributed by atoms with Gasteiger partial charge < -0.3 is 14.4 Å². The smallest absolute Gasteiger partial charge is 0.339 e. The summed E-state index contributed by atoms with van der Waals surface area (Å²) in [6.45, 7) is 11.6. The molecule has 0 aliphatic rings. The Morgan fingerprint density at radius 2 is 1.65 bits per heavy atom. The third-order valence-corrected chi connectivity index (χ3v) is 5.80. The van der Waals surface area contributed by atoms with Gasteiger partial charge in [0.25, 0.3) is 5.56 Å². The molecule has 0 amide bonds. The van der Waals surface area contributed by atoms with E-state index in [0.717, 1.165) is 16.5 Å². The molecule has 1 aromatic heterocycles. The maximum absolute atomic E-state index is 13.2. The highest BCUT2D eigenvalue weighted by Crippen LogP contribution is 2.37. The monoisotopic (exact) mass is 421 g/mol. The Morgan fingerprint density at radius 1 is 1.03 bits per heavy atom. The number of ether oxygens (including phenoxy) is 1. The minimum Gasteiger partial charge on any atom is -0.479 e. The largest absolute Gasteiger partial charge is 0.479 e. The normalized spacial score (nSPS) is 13.9. The average Bonchev–Trinajstić information content (AvgIpc) is 2.69. The molecule has 0 radical (unpaired) electrons. The second kappa shape index (κ2) is 8.31. The lowest BCUT2D eigenvalue weighted by Crippen LogP contribution is -2.34. The number of carboxylic acids is 1. The summed E-state index contributed by atoms with van der Waals surface area (Å²) < 4.78 is 7.42. The average molecular weight is 422 g/mol. The van der Waals surface area contributed by atoms with Gasteiger partial charge in [0.15, 0.2) is 6.10 Å². The Kier molecular flexibility index (Phi) is 6.10. The molecule has 164 valence electrons. The minimum atomic E-state index is -1.27. The standard InChI is InChI=1S/C26H31NO4/c1-15-12-13-18(14-16(15)2)17(3)21-19-10-8-9-11-20(19)24(28)27(7)22(21)23(25(29)30)31-26(4,5)6/h8-14,17,23H,1-7H3,(H,29,30). The first-order valence-corrected chi connectivity index (χ1v) is 10.5. The number of carbonyl (C=O) groups is 1. The molecule has 2 aromatic carbocycles. The maximum Gasteiger partial charge on any atom is 0.339 e. The Hall–Kier alpha value is -2.92. The van der Waals surface area contributed by atoms with Crippen LogP contribution in [0.3, 0.4) is 0 Å². The van der Waals surface area contributed by atoms with E-state index >= 15 is 0 Å². The number of carboxylic acid groups (broad SMARTS) is 1. The number of hydrogen-bond donors (Lipinski definition) is 1. The summed E-state index contributed by atoms with van der Waals surface area (Å²) in [5.41, 5.74) is 3.68. The lowest BCUT2D eigenvalue weighted by atomic mass is 9.85. The molecule has 3 aromatic rings. The van der Waals surface area contributed by atoms with Crippen LogP contribution in [-0.4, -0.2) is 21.2 Å². The molecule has 0 spiro atoms. The van der Waals surface area contributed by atoms with Crippen LogP contribution in [0.25, 0.3) is 10.8 Å². The summed E-state index contributed by atoms with van der Waals surface area (Å²) in [4.78, 5) is 25.5. The summed E-state index contributed by atoms with van der Waals surface area (Å²) in [7, 11) is 1.63. The molecule has 1 heterocycles. The molecule has 2 atom stereocenters. The topological polar surface area (TPSA) is 68.5 Å². The van der Waals surface area contributed by atoms with Crippen LogP contribution in [0.5, 0.6) is 0 Å². The number of rotatable bonds is 5. The molecule has 3 rings (SSSR count). The maximum atomic E-state index is 13.2. The summed E-state index contributed by atoms with van der Waals surface area (Å²) in [5.74, 6) is -1.26. The Labute approximate surface area is 183 Å². The van der Waals surface area contributed by atoms with Crippen molar-refractivity contribution in [1.82, 2.24) is 4.57 Å². The molecule has 0 bridgehead atoms. The van der Waals surface area contributed by atoms with E-state index in [1.807, 2.05) is 39.0 Å². The van der Waals surface area contributed by atoms with E-state index < -0.39 is 17.7 Å². The second-order valence-electron chi connectivity index (χ2n) is 9.22. The van der Waals surface area contributed by atoms with Gasteiger partial charge in [-0.2, -0.15) is 0 Å². The van der Waals surface area contributed by atoms with Crippen molar-refractivity contribution in [1.29, 1.82) is 0 Å². The number of nitrogens with zero attached hydrogens (tertiary/aromatic N) is 1. The molecule has 5 nitrogen and oxygen atoms in total. The first-order valence-electron chi connectivity index (χ1n) is 10.5. The molecule has 5 heteroatoms. The molecule has 0 saturated carbocycles. The van der Waals surface area contributed by atoms with E-state index in [9.17, 15) is 14.7 Å². The van der Waals surface area contributed by atoms with Gasteiger partial charge in [-0.15, -0.1) is 0 Å². The van der Waals surface area contributed by atoms with E-state index in [4.69, 9.17) is 4.74 Å². The van der Waals surface area contributed by atoms with Crippen molar-refractivity contribution in [2.24, 2.45) is 7.05 Å². The number of benzene rings is 2. The highest BCUT2D eigenvalue weighted by atomic mass is 16.5.